The van der Waals surface area contributed by atoms with Crippen LogP contribution < -0.4 is 11.3 Å². The van der Waals surface area contributed by atoms with Gasteiger partial charge in [-0.3, -0.25) is 9.36 Å². The van der Waals surface area contributed by atoms with Crippen molar-refractivity contribution in [3.8, 4) is 5.69 Å². The molecule has 1 aromatic heterocycles. The van der Waals surface area contributed by atoms with Gasteiger partial charge in [0.25, 0.3) is 5.56 Å². The molecule has 3 aromatic rings. The van der Waals surface area contributed by atoms with Crippen LogP contribution in [0.1, 0.15) is 5.82 Å². The molecule has 1 heterocycles. The Labute approximate surface area is 141 Å². The molecule has 0 saturated heterocycles. The van der Waals surface area contributed by atoms with Crippen LogP contribution in [0.15, 0.2) is 41.2 Å². The average molecular weight is 352 g/mol. The molecule has 0 aliphatic carbocycles. The summed E-state index contributed by atoms with van der Waals surface area (Å²) in [5.74, 6) is -0.119. The Morgan fingerprint density at radius 2 is 2.00 bits per heavy atom. The van der Waals surface area contributed by atoms with Crippen LogP contribution >= 0.6 is 23.2 Å². The smallest absolute Gasteiger partial charge is 0.267 e. The molecule has 3 rings (SSSR count). The van der Waals surface area contributed by atoms with Crippen LogP contribution in [-0.4, -0.2) is 16.1 Å². The van der Waals surface area contributed by atoms with Crippen LogP contribution in [0.3, 0.4) is 0 Å². The molecular formula is C16H12Cl2FN3O. The summed E-state index contributed by atoms with van der Waals surface area (Å²) in [4.78, 5) is 17.4. The third kappa shape index (κ3) is 2.95. The molecule has 0 spiro atoms. The maximum absolute atomic E-state index is 13.7. The number of nitrogens with two attached hydrogens (primary N) is 1. The molecule has 0 bridgehead atoms. The number of nitrogens with zero attached hydrogens (tertiary/aromatic N) is 2. The van der Waals surface area contributed by atoms with Gasteiger partial charge in [-0.1, -0.05) is 29.3 Å². The molecular weight excluding hydrogens is 340 g/mol. The SMILES string of the molecule is NCCc1nc2cccc(Cl)c2c(=O)n1-c1cc(F)cc(Cl)c1. The molecule has 0 aliphatic heterocycles. The number of hydrogen-bond donors (Lipinski definition) is 1. The molecule has 118 valence electrons. The van der Waals surface area contributed by atoms with Crippen molar-refractivity contribution < 1.29 is 4.39 Å². The van der Waals surface area contributed by atoms with E-state index in [9.17, 15) is 9.18 Å². The van der Waals surface area contributed by atoms with Crippen molar-refractivity contribution in [3.05, 3.63) is 68.4 Å². The topological polar surface area (TPSA) is 60.9 Å². The summed E-state index contributed by atoms with van der Waals surface area (Å²) in [7, 11) is 0. The predicted molar refractivity (Wildman–Crippen MR) is 90.1 cm³/mol. The summed E-state index contributed by atoms with van der Waals surface area (Å²) in [6.45, 7) is 0.293. The van der Waals surface area contributed by atoms with Crippen molar-refractivity contribution in [3.63, 3.8) is 0 Å². The van der Waals surface area contributed by atoms with Crippen molar-refractivity contribution in [2.75, 3.05) is 6.54 Å². The summed E-state index contributed by atoms with van der Waals surface area (Å²) in [5, 5.41) is 0.746. The third-order valence-electron chi connectivity index (χ3n) is 3.39. The van der Waals surface area contributed by atoms with Crippen LogP contribution in [-0.2, 0) is 6.42 Å². The van der Waals surface area contributed by atoms with Gasteiger partial charge in [-0.2, -0.15) is 0 Å². The molecule has 4 nitrogen and oxygen atoms in total. The molecule has 0 aliphatic rings. The quantitative estimate of drug-likeness (QED) is 0.787. The first-order valence-electron chi connectivity index (χ1n) is 6.88. The normalized spacial score (nSPS) is 11.1. The number of fused-ring (bicyclic) bond motifs is 1. The molecule has 0 atom stereocenters. The van der Waals surface area contributed by atoms with E-state index < -0.39 is 5.82 Å². The van der Waals surface area contributed by atoms with Gasteiger partial charge >= 0.3 is 0 Å². The van der Waals surface area contributed by atoms with Gasteiger partial charge in [0.1, 0.15) is 11.6 Å². The second-order valence-corrected chi connectivity index (χ2v) is 5.81. The maximum atomic E-state index is 13.7. The number of hydrogen-bond acceptors (Lipinski definition) is 3. The van der Waals surface area contributed by atoms with E-state index in [2.05, 4.69) is 4.98 Å². The Hall–Kier alpha value is -1.95. The highest BCUT2D eigenvalue weighted by molar-refractivity contribution is 6.35. The van der Waals surface area contributed by atoms with Crippen LogP contribution in [0.25, 0.3) is 16.6 Å². The Kier molecular flexibility index (Phi) is 4.35. The van der Waals surface area contributed by atoms with Gasteiger partial charge in [0.05, 0.1) is 21.6 Å². The minimum atomic E-state index is -0.544. The monoisotopic (exact) mass is 351 g/mol. The van der Waals surface area contributed by atoms with Gasteiger partial charge in [0, 0.05) is 11.4 Å². The molecule has 0 amide bonds. The summed E-state index contributed by atoms with van der Waals surface area (Å²) in [6, 6.07) is 8.91. The van der Waals surface area contributed by atoms with E-state index in [-0.39, 0.29) is 26.7 Å². The summed E-state index contributed by atoms with van der Waals surface area (Å²) in [6.07, 6.45) is 0.353. The van der Waals surface area contributed by atoms with Crippen molar-refractivity contribution in [2.45, 2.75) is 6.42 Å². The zero-order chi connectivity index (χ0) is 16.6. The lowest BCUT2D eigenvalue weighted by molar-refractivity contribution is 0.625. The second kappa shape index (κ2) is 6.28. The molecule has 0 radical (unpaired) electrons. The fourth-order valence-corrected chi connectivity index (χ4v) is 2.93. The van der Waals surface area contributed by atoms with Gasteiger partial charge in [-0.15, -0.1) is 0 Å². The first kappa shape index (κ1) is 15.9. The average Bonchev–Trinajstić information content (AvgIpc) is 2.46. The van der Waals surface area contributed by atoms with Gasteiger partial charge < -0.3 is 5.73 Å². The maximum Gasteiger partial charge on any atom is 0.267 e. The van der Waals surface area contributed by atoms with E-state index in [1.54, 1.807) is 18.2 Å². The Morgan fingerprint density at radius 1 is 1.22 bits per heavy atom. The van der Waals surface area contributed by atoms with E-state index >= 15 is 0 Å². The predicted octanol–water partition coefficient (Wildman–Crippen LogP) is 3.33. The van der Waals surface area contributed by atoms with Crippen LogP contribution in [0.4, 0.5) is 4.39 Å². The minimum Gasteiger partial charge on any atom is -0.330 e. The molecule has 2 aromatic carbocycles. The number of halogens is 3. The van der Waals surface area contributed by atoms with Crippen LogP contribution in [0.2, 0.25) is 10.0 Å². The molecule has 7 heteroatoms. The van der Waals surface area contributed by atoms with E-state index in [4.69, 9.17) is 28.9 Å². The second-order valence-electron chi connectivity index (χ2n) is 4.97. The minimum absolute atomic E-state index is 0.185. The van der Waals surface area contributed by atoms with Gasteiger partial charge in [0.2, 0.25) is 0 Å². The molecule has 0 unspecified atom stereocenters. The Bertz CT molecular complexity index is 936. The van der Waals surface area contributed by atoms with E-state index in [1.165, 1.54) is 22.8 Å². The van der Waals surface area contributed by atoms with Crippen molar-refractivity contribution in [1.29, 1.82) is 0 Å². The van der Waals surface area contributed by atoms with Crippen LogP contribution in [0.5, 0.6) is 0 Å². The summed E-state index contributed by atoms with van der Waals surface area (Å²) >= 11 is 12.0. The Balaban J connectivity index is 2.42. The van der Waals surface area contributed by atoms with Crippen molar-refractivity contribution >= 4 is 34.1 Å². The number of rotatable bonds is 3. The van der Waals surface area contributed by atoms with E-state index in [1.807, 2.05) is 0 Å². The summed E-state index contributed by atoms with van der Waals surface area (Å²) < 4.78 is 15.0. The highest BCUT2D eigenvalue weighted by atomic mass is 35.5. The van der Waals surface area contributed by atoms with Gasteiger partial charge in [-0.25, -0.2) is 9.37 Å². The zero-order valence-electron chi connectivity index (χ0n) is 11.9. The lowest BCUT2D eigenvalue weighted by Gasteiger charge is -2.14. The molecule has 0 fully saturated rings. The standard InChI is InChI=1S/C16H12Cl2FN3O/c17-9-6-10(19)8-11(7-9)22-14(4-5-20)21-13-3-1-2-12(18)15(13)16(22)23/h1-3,6-8H,4-5,20H2. The highest BCUT2D eigenvalue weighted by Gasteiger charge is 2.15. The highest BCUT2D eigenvalue weighted by Crippen LogP contribution is 2.22. The molecule has 2 N–H and O–H groups in total. The fourth-order valence-electron chi connectivity index (χ4n) is 2.47. The van der Waals surface area contributed by atoms with E-state index in [0.717, 1.165) is 0 Å². The van der Waals surface area contributed by atoms with E-state index in [0.29, 0.717) is 24.3 Å². The molecule has 23 heavy (non-hydrogen) atoms. The van der Waals surface area contributed by atoms with Crippen LogP contribution in [0, 0.1) is 5.82 Å². The largest absolute Gasteiger partial charge is 0.330 e. The molecule has 0 saturated carbocycles. The number of aromatic nitrogens is 2. The number of benzene rings is 2. The van der Waals surface area contributed by atoms with Gasteiger partial charge in [0.15, 0.2) is 0 Å². The Morgan fingerprint density at radius 3 is 2.70 bits per heavy atom. The van der Waals surface area contributed by atoms with Crippen molar-refractivity contribution in [1.82, 2.24) is 9.55 Å². The first-order chi connectivity index (χ1) is 11.0. The lowest BCUT2D eigenvalue weighted by atomic mass is 10.2. The van der Waals surface area contributed by atoms with Gasteiger partial charge in [-0.05, 0) is 36.9 Å². The third-order valence-corrected chi connectivity index (χ3v) is 3.92. The first-order valence-corrected chi connectivity index (χ1v) is 7.63. The summed E-state index contributed by atoms with van der Waals surface area (Å²) in [5.41, 5.74) is 5.99. The lowest BCUT2D eigenvalue weighted by Crippen LogP contribution is -2.25. The zero-order valence-corrected chi connectivity index (χ0v) is 13.4. The van der Waals surface area contributed by atoms with Crippen molar-refractivity contribution in [2.24, 2.45) is 5.73 Å². The fraction of sp³-hybridized carbons (Fsp3) is 0.125.